The lowest BCUT2D eigenvalue weighted by molar-refractivity contribution is -0.188. The second-order valence-corrected chi connectivity index (χ2v) is 13.0. The molecule has 11 nitrogen and oxygen atoms in total. The SMILES string of the molecule is CC(C)(C)OC(=O)N[C@H]1CSc2ccc(-c3nnc(C(F)C(F)(F)F)o3)cc2N(Cc2ccc(-c3noc(C4CC4)n3)cc2)C1=O. The van der Waals surface area contributed by atoms with E-state index >= 15 is 0 Å². The number of amides is 2. The summed E-state index contributed by atoms with van der Waals surface area (Å²) in [5.41, 5.74) is 1.19. The maximum Gasteiger partial charge on any atom is 0.428 e. The van der Waals surface area contributed by atoms with Crippen LogP contribution in [0.4, 0.5) is 28.0 Å². The average molecular weight is 661 g/mol. The number of carbonyl (C=O) groups excluding carboxylic acids is 2. The van der Waals surface area contributed by atoms with E-state index in [1.807, 2.05) is 0 Å². The van der Waals surface area contributed by atoms with Crippen LogP contribution in [0.15, 0.2) is 56.3 Å². The number of halogens is 4. The number of carbonyl (C=O) groups is 2. The number of benzene rings is 2. The largest absolute Gasteiger partial charge is 0.444 e. The summed E-state index contributed by atoms with van der Waals surface area (Å²) in [7, 11) is 0. The standard InChI is InChI=1S/C30H28F4N6O5S/c1-29(2,3)44-28(42)35-19-14-46-21-11-10-18(25-37-38-26(43-25)22(31)30(32,33)34)12-20(21)40(27(19)41)13-15-4-6-16(7-5-15)23-36-24(45-39-23)17-8-9-17/h4-7,10-12,17,19,22H,8-9,13-14H2,1-3H3,(H,35,42)/t19-,22?/m0/s1. The minimum atomic E-state index is -5.22. The molecule has 0 bridgehead atoms. The molecule has 6 rings (SSSR count). The van der Waals surface area contributed by atoms with Crippen LogP contribution in [-0.4, -0.2) is 55.9 Å². The quantitative estimate of drug-likeness (QED) is 0.212. The van der Waals surface area contributed by atoms with Crippen LogP contribution in [0.3, 0.4) is 0 Å². The molecule has 1 N–H and O–H groups in total. The van der Waals surface area contributed by atoms with Crippen LogP contribution in [0.1, 0.15) is 63.0 Å². The van der Waals surface area contributed by atoms with E-state index in [4.69, 9.17) is 13.7 Å². The molecule has 242 valence electrons. The van der Waals surface area contributed by atoms with Crippen molar-refractivity contribution in [1.29, 1.82) is 0 Å². The number of hydrogen-bond acceptors (Lipinski definition) is 10. The van der Waals surface area contributed by atoms with Crippen LogP contribution < -0.4 is 10.2 Å². The van der Waals surface area contributed by atoms with Gasteiger partial charge < -0.3 is 23.9 Å². The molecule has 16 heteroatoms. The molecule has 1 saturated carbocycles. The third-order valence-corrected chi connectivity index (χ3v) is 8.18. The fourth-order valence-electron chi connectivity index (χ4n) is 4.63. The van der Waals surface area contributed by atoms with Gasteiger partial charge in [0.1, 0.15) is 11.6 Å². The number of aromatic nitrogens is 4. The first-order valence-electron chi connectivity index (χ1n) is 14.3. The molecule has 4 aromatic rings. The summed E-state index contributed by atoms with van der Waals surface area (Å²) in [6, 6.07) is 10.9. The van der Waals surface area contributed by atoms with Crippen molar-refractivity contribution in [3.05, 3.63) is 59.8 Å². The number of ether oxygens (including phenoxy) is 1. The molecule has 2 atom stereocenters. The molecule has 0 radical (unpaired) electrons. The Morgan fingerprint density at radius 2 is 1.83 bits per heavy atom. The topological polar surface area (TPSA) is 136 Å². The highest BCUT2D eigenvalue weighted by Crippen LogP contribution is 2.41. The zero-order chi connectivity index (χ0) is 32.8. The number of rotatable bonds is 7. The minimum absolute atomic E-state index is 0.0535. The van der Waals surface area contributed by atoms with Gasteiger partial charge in [-0.2, -0.15) is 18.2 Å². The zero-order valence-corrected chi connectivity index (χ0v) is 25.6. The second-order valence-electron chi connectivity index (χ2n) is 11.9. The van der Waals surface area contributed by atoms with Crippen LogP contribution in [0, 0.1) is 0 Å². The van der Waals surface area contributed by atoms with E-state index in [1.54, 1.807) is 51.1 Å². The maximum atomic E-state index is 14.0. The molecule has 2 aromatic heterocycles. The van der Waals surface area contributed by atoms with Crippen molar-refractivity contribution in [2.24, 2.45) is 0 Å². The molecule has 1 fully saturated rings. The molecular weight excluding hydrogens is 632 g/mol. The summed E-state index contributed by atoms with van der Waals surface area (Å²) in [6.45, 7) is 5.16. The summed E-state index contributed by atoms with van der Waals surface area (Å²) in [4.78, 5) is 33.2. The predicted molar refractivity (Wildman–Crippen MR) is 156 cm³/mol. The molecule has 1 unspecified atom stereocenters. The van der Waals surface area contributed by atoms with Gasteiger partial charge in [-0.25, -0.2) is 9.18 Å². The first-order valence-corrected chi connectivity index (χ1v) is 15.3. The van der Waals surface area contributed by atoms with Crippen molar-refractivity contribution in [3.63, 3.8) is 0 Å². The lowest BCUT2D eigenvalue weighted by atomic mass is 10.1. The number of fused-ring (bicyclic) bond motifs is 1. The number of anilines is 1. The van der Waals surface area contributed by atoms with Crippen LogP contribution in [0.2, 0.25) is 0 Å². The van der Waals surface area contributed by atoms with Crippen molar-refractivity contribution in [2.45, 2.75) is 75.0 Å². The van der Waals surface area contributed by atoms with Crippen molar-refractivity contribution < 1.29 is 40.8 Å². The van der Waals surface area contributed by atoms with Gasteiger partial charge in [0.25, 0.3) is 18.0 Å². The Morgan fingerprint density at radius 1 is 1.11 bits per heavy atom. The lowest BCUT2D eigenvalue weighted by Gasteiger charge is -2.27. The van der Waals surface area contributed by atoms with E-state index in [0.717, 1.165) is 18.4 Å². The molecule has 1 aliphatic heterocycles. The van der Waals surface area contributed by atoms with Crippen molar-refractivity contribution in [3.8, 4) is 22.8 Å². The van der Waals surface area contributed by atoms with E-state index in [9.17, 15) is 27.2 Å². The summed E-state index contributed by atoms with van der Waals surface area (Å²) >= 11 is 1.29. The van der Waals surface area contributed by atoms with Gasteiger partial charge in [0.15, 0.2) is 0 Å². The normalized spacial score (nSPS) is 17.8. The van der Waals surface area contributed by atoms with Gasteiger partial charge in [-0.15, -0.1) is 22.0 Å². The molecule has 46 heavy (non-hydrogen) atoms. The highest BCUT2D eigenvalue weighted by Gasteiger charge is 2.45. The smallest absolute Gasteiger partial charge is 0.428 e. The number of alkyl carbamates (subject to hydrolysis) is 1. The molecule has 0 spiro atoms. The van der Waals surface area contributed by atoms with Gasteiger partial charge in [0, 0.05) is 27.7 Å². The van der Waals surface area contributed by atoms with Gasteiger partial charge in [-0.3, -0.25) is 4.79 Å². The summed E-state index contributed by atoms with van der Waals surface area (Å²) in [5.74, 6) is -0.513. The Balaban J connectivity index is 1.30. The summed E-state index contributed by atoms with van der Waals surface area (Å²) < 4.78 is 68.3. The minimum Gasteiger partial charge on any atom is -0.444 e. The average Bonchev–Trinajstić information content (AvgIpc) is 3.54. The van der Waals surface area contributed by atoms with E-state index in [0.29, 0.717) is 33.8 Å². The van der Waals surface area contributed by atoms with Gasteiger partial charge in [-0.05, 0) is 57.4 Å². The number of nitrogens with one attached hydrogen (secondary N) is 1. The fourth-order valence-corrected chi connectivity index (χ4v) is 5.69. The first kappa shape index (κ1) is 31.5. The monoisotopic (exact) mass is 660 g/mol. The third kappa shape index (κ3) is 7.00. The fraction of sp³-hybridized carbons (Fsp3) is 0.400. The first-order chi connectivity index (χ1) is 21.7. The summed E-state index contributed by atoms with van der Waals surface area (Å²) in [6.07, 6.45) is -7.39. The highest BCUT2D eigenvalue weighted by atomic mass is 32.2. The van der Waals surface area contributed by atoms with Gasteiger partial charge in [0.2, 0.25) is 17.6 Å². The predicted octanol–water partition coefficient (Wildman–Crippen LogP) is 6.77. The Morgan fingerprint density at radius 3 is 2.50 bits per heavy atom. The Hall–Kier alpha value is -4.47. The molecule has 2 aromatic carbocycles. The Kier molecular flexibility index (Phi) is 8.25. The molecule has 3 heterocycles. The van der Waals surface area contributed by atoms with Gasteiger partial charge in [0.05, 0.1) is 12.2 Å². The van der Waals surface area contributed by atoms with E-state index in [2.05, 4.69) is 25.7 Å². The van der Waals surface area contributed by atoms with Crippen LogP contribution >= 0.6 is 11.8 Å². The number of hydrogen-bond donors (Lipinski definition) is 1. The molecule has 2 aliphatic rings. The number of thioether (sulfide) groups is 1. The van der Waals surface area contributed by atoms with Gasteiger partial charge in [-0.1, -0.05) is 29.4 Å². The number of nitrogens with zero attached hydrogens (tertiary/aromatic N) is 5. The van der Waals surface area contributed by atoms with E-state index in [1.165, 1.54) is 28.8 Å². The highest BCUT2D eigenvalue weighted by molar-refractivity contribution is 7.99. The van der Waals surface area contributed by atoms with Gasteiger partial charge >= 0.3 is 12.3 Å². The van der Waals surface area contributed by atoms with Crippen LogP contribution in [0.25, 0.3) is 22.8 Å². The summed E-state index contributed by atoms with van der Waals surface area (Å²) in [5, 5.41) is 13.6. The van der Waals surface area contributed by atoms with Crippen molar-refractivity contribution in [1.82, 2.24) is 25.7 Å². The molecular formula is C30H28F4N6O5S. The second kappa shape index (κ2) is 12.0. The Bertz CT molecular complexity index is 1750. The van der Waals surface area contributed by atoms with E-state index in [-0.39, 0.29) is 23.8 Å². The zero-order valence-electron chi connectivity index (χ0n) is 24.8. The van der Waals surface area contributed by atoms with Crippen molar-refractivity contribution >= 4 is 29.4 Å². The Labute approximate surface area is 264 Å². The maximum absolute atomic E-state index is 14.0. The third-order valence-electron chi connectivity index (χ3n) is 7.02. The number of alkyl halides is 4. The molecule has 0 saturated heterocycles. The lowest BCUT2D eigenvalue weighted by Crippen LogP contribution is -2.50. The van der Waals surface area contributed by atoms with Crippen molar-refractivity contribution in [2.75, 3.05) is 10.7 Å². The van der Waals surface area contributed by atoms with Crippen LogP contribution in [-0.2, 0) is 16.1 Å². The van der Waals surface area contributed by atoms with Crippen LogP contribution in [0.5, 0.6) is 0 Å². The van der Waals surface area contributed by atoms with E-state index < -0.39 is 41.9 Å². The molecule has 2 amide bonds. The molecule has 1 aliphatic carbocycles.